The van der Waals surface area contributed by atoms with E-state index < -0.39 is 0 Å². The van der Waals surface area contributed by atoms with Gasteiger partial charge in [-0.2, -0.15) is 0 Å². The van der Waals surface area contributed by atoms with Crippen molar-refractivity contribution in [1.82, 2.24) is 10.2 Å². The lowest BCUT2D eigenvalue weighted by Crippen LogP contribution is -2.45. The van der Waals surface area contributed by atoms with Gasteiger partial charge in [-0.3, -0.25) is 0 Å². The van der Waals surface area contributed by atoms with E-state index in [1.807, 2.05) is 18.2 Å². The van der Waals surface area contributed by atoms with Gasteiger partial charge in [-0.15, -0.1) is 0 Å². The van der Waals surface area contributed by atoms with Crippen molar-refractivity contribution in [3.63, 3.8) is 0 Å². The topological polar surface area (TPSA) is 54.0 Å². The summed E-state index contributed by atoms with van der Waals surface area (Å²) in [5, 5.41) is 13.4. The number of likely N-dealkylation sites (tertiary alicyclic amines) is 1. The van der Waals surface area contributed by atoms with Crippen molar-refractivity contribution < 1.29 is 14.6 Å². The SMILES string of the molecule is COC[C@H](O)CN1CCC(NCc2ccccc2OC)CC1. The Morgan fingerprint density at radius 3 is 2.68 bits per heavy atom. The first-order chi connectivity index (χ1) is 10.7. The highest BCUT2D eigenvalue weighted by atomic mass is 16.5. The van der Waals surface area contributed by atoms with Crippen LogP contribution in [0.4, 0.5) is 0 Å². The highest BCUT2D eigenvalue weighted by Gasteiger charge is 2.20. The quantitative estimate of drug-likeness (QED) is 0.757. The van der Waals surface area contributed by atoms with Crippen LogP contribution in [-0.2, 0) is 11.3 Å². The van der Waals surface area contributed by atoms with Crippen LogP contribution < -0.4 is 10.1 Å². The molecule has 0 radical (unpaired) electrons. The number of aliphatic hydroxyl groups is 1. The van der Waals surface area contributed by atoms with Crippen LogP contribution >= 0.6 is 0 Å². The Balaban J connectivity index is 1.71. The maximum Gasteiger partial charge on any atom is 0.123 e. The smallest absolute Gasteiger partial charge is 0.123 e. The molecule has 1 aliphatic rings. The zero-order valence-electron chi connectivity index (χ0n) is 13.6. The van der Waals surface area contributed by atoms with E-state index in [4.69, 9.17) is 9.47 Å². The summed E-state index contributed by atoms with van der Waals surface area (Å²) in [7, 11) is 3.33. The number of piperidine rings is 1. The molecule has 0 unspecified atom stereocenters. The number of benzene rings is 1. The molecule has 2 rings (SSSR count). The molecule has 0 aromatic heterocycles. The van der Waals surface area contributed by atoms with Gasteiger partial charge < -0.3 is 24.8 Å². The molecule has 0 spiro atoms. The molecule has 1 aromatic rings. The van der Waals surface area contributed by atoms with Crippen molar-refractivity contribution in [2.45, 2.75) is 31.5 Å². The number of ether oxygens (including phenoxy) is 2. The first-order valence-electron chi connectivity index (χ1n) is 7.97. The Kier molecular flexibility index (Phi) is 7.12. The largest absolute Gasteiger partial charge is 0.496 e. The van der Waals surface area contributed by atoms with Gasteiger partial charge in [0.2, 0.25) is 0 Å². The fraction of sp³-hybridized carbons (Fsp3) is 0.647. The number of methoxy groups -OCH3 is 2. The molecule has 0 bridgehead atoms. The molecule has 2 N–H and O–H groups in total. The predicted molar refractivity (Wildman–Crippen MR) is 87.2 cm³/mol. The zero-order valence-corrected chi connectivity index (χ0v) is 13.6. The Labute approximate surface area is 133 Å². The van der Waals surface area contributed by atoms with Crippen LogP contribution in [0.25, 0.3) is 0 Å². The van der Waals surface area contributed by atoms with Crippen LogP contribution in [0.5, 0.6) is 5.75 Å². The van der Waals surface area contributed by atoms with Crippen LogP contribution in [0.2, 0.25) is 0 Å². The first kappa shape index (κ1) is 17.2. The second-order valence-electron chi connectivity index (χ2n) is 5.88. The van der Waals surface area contributed by atoms with Gasteiger partial charge in [-0.25, -0.2) is 0 Å². The van der Waals surface area contributed by atoms with Crippen LogP contribution in [0.3, 0.4) is 0 Å². The van der Waals surface area contributed by atoms with E-state index in [1.54, 1.807) is 14.2 Å². The van der Waals surface area contributed by atoms with Crippen molar-refractivity contribution >= 4 is 0 Å². The van der Waals surface area contributed by atoms with E-state index in [9.17, 15) is 5.11 Å². The molecule has 1 fully saturated rings. The predicted octanol–water partition coefficient (Wildman–Crippen LogP) is 1.26. The average molecular weight is 308 g/mol. The summed E-state index contributed by atoms with van der Waals surface area (Å²) in [6.07, 6.45) is 1.83. The van der Waals surface area contributed by atoms with Crippen LogP contribution in [0.15, 0.2) is 24.3 Å². The molecule has 0 amide bonds. The van der Waals surface area contributed by atoms with E-state index in [1.165, 1.54) is 5.56 Å². The molecule has 5 heteroatoms. The molecule has 1 aliphatic heterocycles. The van der Waals surface area contributed by atoms with E-state index in [-0.39, 0.29) is 6.10 Å². The normalized spacial score (nSPS) is 18.3. The van der Waals surface area contributed by atoms with E-state index >= 15 is 0 Å². The highest BCUT2D eigenvalue weighted by Crippen LogP contribution is 2.18. The Bertz CT molecular complexity index is 434. The third-order valence-corrected chi connectivity index (χ3v) is 4.19. The fourth-order valence-electron chi connectivity index (χ4n) is 2.97. The zero-order chi connectivity index (χ0) is 15.8. The van der Waals surface area contributed by atoms with Gasteiger partial charge in [0, 0.05) is 31.8 Å². The summed E-state index contributed by atoms with van der Waals surface area (Å²) in [5.74, 6) is 0.940. The maximum atomic E-state index is 9.78. The summed E-state index contributed by atoms with van der Waals surface area (Å²) in [5.41, 5.74) is 1.20. The van der Waals surface area contributed by atoms with Crippen molar-refractivity contribution in [2.24, 2.45) is 0 Å². The number of nitrogens with one attached hydrogen (secondary N) is 1. The van der Waals surface area contributed by atoms with Crippen LogP contribution in [0.1, 0.15) is 18.4 Å². The standard InChI is InChI=1S/C17H28N2O3/c1-21-13-16(20)12-19-9-7-15(8-10-19)18-11-14-5-3-4-6-17(14)22-2/h3-6,15-16,18,20H,7-13H2,1-2H3/t16-/m1/s1. The van der Waals surface area contributed by atoms with E-state index in [0.717, 1.165) is 38.2 Å². The highest BCUT2D eigenvalue weighted by molar-refractivity contribution is 5.33. The summed E-state index contributed by atoms with van der Waals surface area (Å²) in [6, 6.07) is 8.66. The average Bonchev–Trinajstić information content (AvgIpc) is 2.54. The van der Waals surface area contributed by atoms with Gasteiger partial charge in [0.25, 0.3) is 0 Å². The van der Waals surface area contributed by atoms with Gasteiger partial charge >= 0.3 is 0 Å². The van der Waals surface area contributed by atoms with Gasteiger partial charge in [0.1, 0.15) is 5.75 Å². The van der Waals surface area contributed by atoms with Crippen molar-refractivity contribution in [2.75, 3.05) is 40.5 Å². The summed E-state index contributed by atoms with van der Waals surface area (Å²) in [4.78, 5) is 2.31. The van der Waals surface area contributed by atoms with E-state index in [2.05, 4.69) is 16.3 Å². The third kappa shape index (κ3) is 5.25. The Hall–Kier alpha value is -1.14. The van der Waals surface area contributed by atoms with E-state index in [0.29, 0.717) is 19.2 Å². The summed E-state index contributed by atoms with van der Waals surface area (Å²) < 4.78 is 10.4. The molecular formula is C17H28N2O3. The third-order valence-electron chi connectivity index (χ3n) is 4.19. The molecule has 1 aromatic carbocycles. The number of para-hydroxylation sites is 1. The maximum absolute atomic E-state index is 9.78. The van der Waals surface area contributed by atoms with Crippen molar-refractivity contribution in [1.29, 1.82) is 0 Å². The lowest BCUT2D eigenvalue weighted by Gasteiger charge is -2.33. The monoisotopic (exact) mass is 308 g/mol. The Morgan fingerprint density at radius 1 is 1.27 bits per heavy atom. The summed E-state index contributed by atoms with van der Waals surface area (Å²) >= 11 is 0. The molecule has 1 heterocycles. The fourth-order valence-corrected chi connectivity index (χ4v) is 2.97. The minimum atomic E-state index is -0.386. The summed E-state index contributed by atoms with van der Waals surface area (Å²) in [6.45, 7) is 3.98. The minimum Gasteiger partial charge on any atom is -0.496 e. The molecule has 0 saturated carbocycles. The van der Waals surface area contributed by atoms with Gasteiger partial charge in [0.05, 0.1) is 19.8 Å². The Morgan fingerprint density at radius 2 is 2.00 bits per heavy atom. The molecule has 124 valence electrons. The number of nitrogens with zero attached hydrogens (tertiary/aromatic N) is 1. The van der Waals surface area contributed by atoms with Crippen LogP contribution in [0, 0.1) is 0 Å². The number of β-amino-alcohol motifs (C(OH)–C–C–N with tert-alkyl or cyclic N) is 1. The van der Waals surface area contributed by atoms with Crippen molar-refractivity contribution in [3.8, 4) is 5.75 Å². The van der Waals surface area contributed by atoms with Crippen molar-refractivity contribution in [3.05, 3.63) is 29.8 Å². The van der Waals surface area contributed by atoms with Crippen LogP contribution in [-0.4, -0.2) is 62.6 Å². The number of rotatable bonds is 8. The van der Waals surface area contributed by atoms with Gasteiger partial charge in [-0.05, 0) is 32.0 Å². The molecular weight excluding hydrogens is 280 g/mol. The number of hydrogen-bond acceptors (Lipinski definition) is 5. The van der Waals surface area contributed by atoms with Gasteiger partial charge in [-0.1, -0.05) is 18.2 Å². The second kappa shape index (κ2) is 9.10. The van der Waals surface area contributed by atoms with Gasteiger partial charge in [0.15, 0.2) is 0 Å². The molecule has 1 saturated heterocycles. The number of aliphatic hydroxyl groups excluding tert-OH is 1. The number of hydrogen-bond donors (Lipinski definition) is 2. The lowest BCUT2D eigenvalue weighted by molar-refractivity contribution is 0.0310. The molecule has 22 heavy (non-hydrogen) atoms. The second-order valence-corrected chi connectivity index (χ2v) is 5.88. The molecule has 1 atom stereocenters. The molecule has 5 nitrogen and oxygen atoms in total. The first-order valence-corrected chi connectivity index (χ1v) is 7.97. The molecule has 0 aliphatic carbocycles. The lowest BCUT2D eigenvalue weighted by atomic mass is 10.0. The minimum absolute atomic E-state index is 0.386.